The van der Waals surface area contributed by atoms with Crippen LogP contribution in [0.2, 0.25) is 0 Å². The normalized spacial score (nSPS) is 15.9. The molecule has 5 heterocycles. The molecule has 0 radical (unpaired) electrons. The SMILES string of the molecule is CCc1cc2cc3cc(C)c(cc4nc(c(CCO)c5nc(cc1[nH]2)C(C)=C5CO)CC4C)[nH]3. The van der Waals surface area contributed by atoms with E-state index in [0.717, 1.165) is 74.4 Å². The van der Waals surface area contributed by atoms with Gasteiger partial charge < -0.3 is 20.2 Å². The molecule has 6 nitrogen and oxygen atoms in total. The molecular formula is C28H32N4O2. The van der Waals surface area contributed by atoms with Crippen LogP contribution in [0.15, 0.2) is 30.3 Å². The van der Waals surface area contributed by atoms with Crippen LogP contribution < -0.4 is 0 Å². The van der Waals surface area contributed by atoms with E-state index in [9.17, 15) is 10.2 Å². The van der Waals surface area contributed by atoms with Gasteiger partial charge in [-0.25, -0.2) is 4.98 Å². The number of fused-ring (bicyclic) bond motifs is 8. The standard InChI is InChI=1S/C28H32N4O2/c1-5-18-10-20-11-19-8-15(2)23(29-19)12-24-16(3)9-27(31-24)21(6-7-33)28-22(14-34)17(4)25(32-28)13-26(18)30-20/h8,10-13,16,29-30,33-34H,5-7,9,14H2,1-4H3. The van der Waals surface area contributed by atoms with E-state index in [4.69, 9.17) is 9.97 Å². The third-order valence-electron chi connectivity index (χ3n) is 7.07. The van der Waals surface area contributed by atoms with Gasteiger partial charge in [0, 0.05) is 57.1 Å². The van der Waals surface area contributed by atoms with Crippen LogP contribution in [0.5, 0.6) is 0 Å². The number of aliphatic hydroxyl groups excluding tert-OH is 2. The number of hydrogen-bond donors (Lipinski definition) is 4. The highest BCUT2D eigenvalue weighted by atomic mass is 16.3. The predicted molar refractivity (Wildman–Crippen MR) is 138 cm³/mol. The van der Waals surface area contributed by atoms with Crippen molar-refractivity contribution in [2.24, 2.45) is 0 Å². The molecule has 0 fully saturated rings. The van der Waals surface area contributed by atoms with E-state index in [2.05, 4.69) is 61.1 Å². The zero-order valence-electron chi connectivity index (χ0n) is 20.3. The average Bonchev–Trinajstić information content (AvgIpc) is 3.54. The monoisotopic (exact) mass is 456 g/mol. The maximum absolute atomic E-state index is 10.3. The van der Waals surface area contributed by atoms with Crippen LogP contribution in [0.4, 0.5) is 0 Å². The van der Waals surface area contributed by atoms with E-state index < -0.39 is 0 Å². The minimum Gasteiger partial charge on any atom is -0.396 e. The first-order chi connectivity index (χ1) is 16.4. The number of allylic oxidation sites excluding steroid dienone is 1. The van der Waals surface area contributed by atoms with Crippen molar-refractivity contribution in [3.63, 3.8) is 0 Å². The number of aromatic nitrogens is 4. The molecule has 0 spiro atoms. The molecule has 0 saturated carbocycles. The van der Waals surface area contributed by atoms with E-state index >= 15 is 0 Å². The van der Waals surface area contributed by atoms with Gasteiger partial charge in [-0.05, 0) is 80.1 Å². The Morgan fingerprint density at radius 2 is 1.74 bits per heavy atom. The summed E-state index contributed by atoms with van der Waals surface area (Å²) in [7, 11) is 0. The van der Waals surface area contributed by atoms with E-state index in [1.54, 1.807) is 0 Å². The molecule has 6 heteroatoms. The number of hydrogen-bond acceptors (Lipinski definition) is 4. The highest BCUT2D eigenvalue weighted by Gasteiger charge is 2.25. The van der Waals surface area contributed by atoms with Crippen LogP contribution >= 0.6 is 0 Å². The van der Waals surface area contributed by atoms with Crippen molar-refractivity contribution < 1.29 is 10.2 Å². The Labute approximate surface area is 199 Å². The summed E-state index contributed by atoms with van der Waals surface area (Å²) >= 11 is 0. The zero-order chi connectivity index (χ0) is 24.0. The molecule has 0 amide bonds. The molecule has 34 heavy (non-hydrogen) atoms. The lowest BCUT2D eigenvalue weighted by Gasteiger charge is -2.08. The van der Waals surface area contributed by atoms with Gasteiger partial charge in [-0.3, -0.25) is 4.98 Å². The van der Waals surface area contributed by atoms with Crippen LogP contribution in [0, 0.1) is 6.92 Å². The fourth-order valence-electron chi connectivity index (χ4n) is 5.09. The van der Waals surface area contributed by atoms with Gasteiger partial charge in [0.1, 0.15) is 0 Å². The number of nitrogens with zero attached hydrogens (tertiary/aromatic N) is 2. The molecule has 2 aliphatic heterocycles. The second-order valence-electron chi connectivity index (χ2n) is 9.42. The molecule has 2 aliphatic rings. The fraction of sp³-hybridized carbons (Fsp3) is 0.357. The van der Waals surface area contributed by atoms with Crippen LogP contribution in [0.3, 0.4) is 0 Å². The molecule has 3 aromatic rings. The van der Waals surface area contributed by atoms with Crippen LogP contribution in [0.25, 0.3) is 33.2 Å². The average molecular weight is 457 g/mol. The molecule has 0 aliphatic carbocycles. The van der Waals surface area contributed by atoms with Crippen LogP contribution in [0.1, 0.15) is 66.2 Å². The summed E-state index contributed by atoms with van der Waals surface area (Å²) in [5, 5.41) is 20.1. The van der Waals surface area contributed by atoms with Gasteiger partial charge in [-0.1, -0.05) is 13.8 Å². The molecule has 1 unspecified atom stereocenters. The molecule has 176 valence electrons. The Balaban J connectivity index is 1.95. The van der Waals surface area contributed by atoms with Crippen molar-refractivity contribution in [2.45, 2.75) is 52.9 Å². The topological polar surface area (TPSA) is 97.8 Å². The van der Waals surface area contributed by atoms with Crippen molar-refractivity contribution >= 4 is 33.2 Å². The quantitative estimate of drug-likeness (QED) is 0.445. The highest BCUT2D eigenvalue weighted by Crippen LogP contribution is 2.35. The van der Waals surface area contributed by atoms with Crippen LogP contribution in [-0.4, -0.2) is 43.4 Å². The minimum absolute atomic E-state index is 0.00646. The van der Waals surface area contributed by atoms with Gasteiger partial charge in [0.15, 0.2) is 0 Å². The van der Waals surface area contributed by atoms with Crippen LogP contribution in [-0.2, 0) is 19.3 Å². The summed E-state index contributed by atoms with van der Waals surface area (Å²) in [5.41, 5.74) is 12.8. The Kier molecular flexibility index (Phi) is 5.88. The lowest BCUT2D eigenvalue weighted by atomic mass is 9.97. The highest BCUT2D eigenvalue weighted by molar-refractivity contribution is 5.93. The molecule has 4 N–H and O–H groups in total. The van der Waals surface area contributed by atoms with Crippen molar-refractivity contribution in [3.05, 3.63) is 69.8 Å². The largest absolute Gasteiger partial charge is 0.396 e. The molecule has 0 saturated heterocycles. The van der Waals surface area contributed by atoms with Gasteiger partial charge in [0.2, 0.25) is 0 Å². The summed E-state index contributed by atoms with van der Waals surface area (Å²) in [4.78, 5) is 17.1. The molecule has 5 rings (SSSR count). The van der Waals surface area contributed by atoms with Crippen molar-refractivity contribution in [1.29, 1.82) is 0 Å². The zero-order valence-corrected chi connectivity index (χ0v) is 20.3. The second kappa shape index (κ2) is 8.85. The third kappa shape index (κ3) is 3.87. The van der Waals surface area contributed by atoms with Gasteiger partial charge in [-0.2, -0.15) is 0 Å². The first-order valence-corrected chi connectivity index (χ1v) is 12.1. The maximum atomic E-state index is 10.3. The molecule has 0 aromatic carbocycles. The third-order valence-corrected chi connectivity index (χ3v) is 7.07. The number of H-pyrrole nitrogens is 2. The first kappa shape index (κ1) is 22.6. The Morgan fingerprint density at radius 1 is 0.971 bits per heavy atom. The van der Waals surface area contributed by atoms with E-state index in [0.29, 0.717) is 6.42 Å². The summed E-state index contributed by atoms with van der Waals surface area (Å²) in [6, 6.07) is 10.7. The lowest BCUT2D eigenvalue weighted by Crippen LogP contribution is -2.03. The second-order valence-corrected chi connectivity index (χ2v) is 9.42. The summed E-state index contributed by atoms with van der Waals surface area (Å²) in [6.45, 7) is 8.35. The first-order valence-electron chi connectivity index (χ1n) is 12.1. The Morgan fingerprint density at radius 3 is 2.47 bits per heavy atom. The smallest absolute Gasteiger partial charge is 0.0746 e. The van der Waals surface area contributed by atoms with E-state index in [1.807, 2.05) is 6.92 Å². The van der Waals surface area contributed by atoms with Crippen molar-refractivity contribution in [1.82, 2.24) is 19.9 Å². The number of rotatable bonds is 4. The molecule has 3 aromatic heterocycles. The van der Waals surface area contributed by atoms with E-state index in [-0.39, 0.29) is 19.1 Å². The number of aliphatic hydroxyl groups is 2. The summed E-state index contributed by atoms with van der Waals surface area (Å²) in [5.74, 6) is 0.256. The number of aryl methyl sites for hydroxylation is 2. The van der Waals surface area contributed by atoms with Gasteiger partial charge in [0.25, 0.3) is 0 Å². The predicted octanol–water partition coefficient (Wildman–Crippen LogP) is 4.99. The molecular weight excluding hydrogens is 424 g/mol. The summed E-state index contributed by atoms with van der Waals surface area (Å²) < 4.78 is 0. The Hall–Kier alpha value is -3.22. The Bertz CT molecular complexity index is 1460. The molecule has 8 bridgehead atoms. The lowest BCUT2D eigenvalue weighted by molar-refractivity contribution is 0.298. The van der Waals surface area contributed by atoms with E-state index in [1.165, 1.54) is 11.1 Å². The molecule has 1 atom stereocenters. The maximum Gasteiger partial charge on any atom is 0.0746 e. The van der Waals surface area contributed by atoms with Gasteiger partial charge >= 0.3 is 0 Å². The summed E-state index contributed by atoms with van der Waals surface area (Å²) in [6.07, 6.45) is 2.14. The van der Waals surface area contributed by atoms with Gasteiger partial charge in [0.05, 0.1) is 18.0 Å². The number of nitrogens with one attached hydrogen (secondary N) is 2. The van der Waals surface area contributed by atoms with Crippen molar-refractivity contribution in [2.75, 3.05) is 13.2 Å². The fourth-order valence-corrected chi connectivity index (χ4v) is 5.09. The van der Waals surface area contributed by atoms with Gasteiger partial charge in [-0.15, -0.1) is 0 Å². The number of aromatic amines is 2. The minimum atomic E-state index is -0.100. The van der Waals surface area contributed by atoms with Crippen molar-refractivity contribution in [3.8, 4) is 0 Å².